The Kier molecular flexibility index (Phi) is 8.59. The van der Waals surface area contributed by atoms with Crippen molar-refractivity contribution in [2.24, 2.45) is 11.8 Å². The van der Waals surface area contributed by atoms with Gasteiger partial charge in [-0.2, -0.15) is 0 Å². The van der Waals surface area contributed by atoms with E-state index < -0.39 is 0 Å². The van der Waals surface area contributed by atoms with Gasteiger partial charge in [-0.25, -0.2) is 0 Å². The normalized spacial score (nSPS) is 26.8. The molecule has 0 aliphatic heterocycles. The van der Waals surface area contributed by atoms with Gasteiger partial charge in [0.15, 0.2) is 0 Å². The Balaban J connectivity index is 0.000000671. The minimum absolute atomic E-state index is 1.03. The predicted molar refractivity (Wildman–Crippen MR) is 62.0 cm³/mol. The van der Waals surface area contributed by atoms with Crippen molar-refractivity contribution in [2.75, 3.05) is 0 Å². The van der Waals surface area contributed by atoms with Crippen molar-refractivity contribution in [3.05, 3.63) is 0 Å². The van der Waals surface area contributed by atoms with Crippen LogP contribution in [0, 0.1) is 11.8 Å². The molecule has 0 aromatic carbocycles. The summed E-state index contributed by atoms with van der Waals surface area (Å²) in [6.07, 6.45) is 10.4. The largest absolute Gasteiger partial charge is 0.0683 e. The van der Waals surface area contributed by atoms with Crippen LogP contribution in [0.2, 0.25) is 0 Å². The second-order valence-electron chi connectivity index (χ2n) is 4.28. The molecule has 1 rings (SSSR count). The highest BCUT2D eigenvalue weighted by Crippen LogP contribution is 2.33. The van der Waals surface area contributed by atoms with Gasteiger partial charge in [0.05, 0.1) is 0 Å². The second-order valence-corrected chi connectivity index (χ2v) is 4.28. The van der Waals surface area contributed by atoms with Crippen LogP contribution >= 0.6 is 0 Å². The molecule has 80 valence electrons. The van der Waals surface area contributed by atoms with Gasteiger partial charge in [0.1, 0.15) is 0 Å². The fourth-order valence-electron chi connectivity index (χ4n) is 2.27. The minimum atomic E-state index is 1.03. The van der Waals surface area contributed by atoms with Crippen LogP contribution in [0.15, 0.2) is 0 Å². The zero-order valence-corrected chi connectivity index (χ0v) is 10.1. The topological polar surface area (TPSA) is 0 Å². The van der Waals surface area contributed by atoms with E-state index in [1.54, 1.807) is 0 Å². The molecular weight excluding hydrogens is 156 g/mol. The van der Waals surface area contributed by atoms with E-state index in [9.17, 15) is 0 Å². The quantitative estimate of drug-likeness (QED) is 0.538. The van der Waals surface area contributed by atoms with Crippen LogP contribution in [-0.2, 0) is 0 Å². The summed E-state index contributed by atoms with van der Waals surface area (Å²) in [6, 6.07) is 0. The Morgan fingerprint density at radius 1 is 1.08 bits per heavy atom. The van der Waals surface area contributed by atoms with Crippen LogP contribution < -0.4 is 0 Å². The summed E-state index contributed by atoms with van der Waals surface area (Å²) in [5.74, 6) is 2.12. The average molecular weight is 184 g/mol. The molecule has 2 unspecified atom stereocenters. The van der Waals surface area contributed by atoms with Crippen molar-refractivity contribution < 1.29 is 0 Å². The Labute approximate surface area is 85.1 Å². The fraction of sp³-hybridized carbons (Fsp3) is 1.00. The highest BCUT2D eigenvalue weighted by Gasteiger charge is 2.20. The Bertz CT molecular complexity index is 96.2. The smallest absolute Gasteiger partial charge is 0.0412 e. The van der Waals surface area contributed by atoms with Crippen LogP contribution in [0.4, 0.5) is 0 Å². The van der Waals surface area contributed by atoms with E-state index in [-0.39, 0.29) is 0 Å². The second kappa shape index (κ2) is 8.59. The van der Waals surface area contributed by atoms with Gasteiger partial charge in [-0.15, -0.1) is 0 Å². The fourth-order valence-corrected chi connectivity index (χ4v) is 2.27. The first-order valence-corrected chi connectivity index (χ1v) is 6.33. The molecule has 13 heavy (non-hydrogen) atoms. The predicted octanol–water partition coefficient (Wildman–Crippen LogP) is 5.03. The summed E-state index contributed by atoms with van der Waals surface area (Å²) < 4.78 is 0. The average Bonchev–Trinajstić information content (AvgIpc) is 2.56. The SMILES string of the molecule is CC.CCCCCC1CCC(C)C1. The van der Waals surface area contributed by atoms with Crippen molar-refractivity contribution >= 4 is 0 Å². The summed E-state index contributed by atoms with van der Waals surface area (Å²) >= 11 is 0. The van der Waals surface area contributed by atoms with Gasteiger partial charge in [0, 0.05) is 0 Å². The molecule has 1 aliphatic rings. The maximum atomic E-state index is 2.40. The van der Waals surface area contributed by atoms with E-state index in [4.69, 9.17) is 0 Å². The molecule has 0 aromatic rings. The highest BCUT2D eigenvalue weighted by atomic mass is 14.3. The van der Waals surface area contributed by atoms with Crippen LogP contribution in [0.25, 0.3) is 0 Å². The van der Waals surface area contributed by atoms with Crippen molar-refractivity contribution in [1.82, 2.24) is 0 Å². The number of rotatable bonds is 4. The lowest BCUT2D eigenvalue weighted by molar-refractivity contribution is 0.454. The molecule has 1 aliphatic carbocycles. The molecule has 1 fully saturated rings. The Hall–Kier alpha value is 0. The summed E-state index contributed by atoms with van der Waals surface area (Å²) in [4.78, 5) is 0. The lowest BCUT2D eigenvalue weighted by atomic mass is 9.99. The molecule has 0 bridgehead atoms. The lowest BCUT2D eigenvalue weighted by Gasteiger charge is -2.07. The van der Waals surface area contributed by atoms with Gasteiger partial charge in [-0.05, 0) is 18.3 Å². The maximum Gasteiger partial charge on any atom is -0.0412 e. The molecule has 0 spiro atoms. The number of unbranched alkanes of at least 4 members (excludes halogenated alkanes) is 2. The van der Waals surface area contributed by atoms with Crippen molar-refractivity contribution in [1.29, 1.82) is 0 Å². The maximum absolute atomic E-state index is 2.40. The van der Waals surface area contributed by atoms with E-state index >= 15 is 0 Å². The summed E-state index contributed by atoms with van der Waals surface area (Å²) in [5.41, 5.74) is 0. The highest BCUT2D eigenvalue weighted by molar-refractivity contribution is 4.72. The number of hydrogen-bond donors (Lipinski definition) is 0. The van der Waals surface area contributed by atoms with Crippen LogP contribution in [0.3, 0.4) is 0 Å². The monoisotopic (exact) mass is 184 g/mol. The molecular formula is C13H28. The first-order chi connectivity index (χ1) is 6.33. The van der Waals surface area contributed by atoms with Crippen LogP contribution in [0.5, 0.6) is 0 Å². The van der Waals surface area contributed by atoms with Gasteiger partial charge in [-0.3, -0.25) is 0 Å². The third kappa shape index (κ3) is 6.12. The van der Waals surface area contributed by atoms with Gasteiger partial charge < -0.3 is 0 Å². The zero-order chi connectivity index (χ0) is 10.1. The molecule has 0 nitrogen and oxygen atoms in total. The standard InChI is InChI=1S/C11H22.C2H6/c1-3-4-5-6-11-8-7-10(2)9-11;1-2/h10-11H,3-9H2,1-2H3;1-2H3. The van der Waals surface area contributed by atoms with Gasteiger partial charge in [0.2, 0.25) is 0 Å². The molecule has 0 amide bonds. The van der Waals surface area contributed by atoms with Crippen molar-refractivity contribution in [3.63, 3.8) is 0 Å². The first kappa shape index (κ1) is 13.0. The Morgan fingerprint density at radius 3 is 2.23 bits per heavy atom. The lowest BCUT2D eigenvalue weighted by Crippen LogP contribution is -1.93. The molecule has 0 heteroatoms. The minimum Gasteiger partial charge on any atom is -0.0683 e. The van der Waals surface area contributed by atoms with E-state index in [0.717, 1.165) is 11.8 Å². The van der Waals surface area contributed by atoms with Crippen LogP contribution in [0.1, 0.15) is 72.6 Å². The van der Waals surface area contributed by atoms with Crippen molar-refractivity contribution in [3.8, 4) is 0 Å². The third-order valence-electron chi connectivity index (χ3n) is 3.02. The summed E-state index contributed by atoms with van der Waals surface area (Å²) in [6.45, 7) is 8.69. The van der Waals surface area contributed by atoms with Gasteiger partial charge in [0.25, 0.3) is 0 Å². The van der Waals surface area contributed by atoms with Gasteiger partial charge in [-0.1, -0.05) is 66.2 Å². The first-order valence-electron chi connectivity index (χ1n) is 6.33. The molecule has 0 saturated heterocycles. The van der Waals surface area contributed by atoms with Crippen LogP contribution in [-0.4, -0.2) is 0 Å². The third-order valence-corrected chi connectivity index (χ3v) is 3.02. The van der Waals surface area contributed by atoms with E-state index in [1.165, 1.54) is 44.9 Å². The molecule has 0 radical (unpaired) electrons. The van der Waals surface area contributed by atoms with E-state index in [0.29, 0.717) is 0 Å². The summed E-state index contributed by atoms with van der Waals surface area (Å²) in [5, 5.41) is 0. The van der Waals surface area contributed by atoms with Crippen molar-refractivity contribution in [2.45, 2.75) is 72.6 Å². The van der Waals surface area contributed by atoms with Gasteiger partial charge >= 0.3 is 0 Å². The Morgan fingerprint density at radius 2 is 1.77 bits per heavy atom. The van der Waals surface area contributed by atoms with E-state index in [1.807, 2.05) is 13.8 Å². The molecule has 0 aromatic heterocycles. The molecule has 0 heterocycles. The molecule has 0 N–H and O–H groups in total. The van der Waals surface area contributed by atoms with E-state index in [2.05, 4.69) is 13.8 Å². The molecule has 1 saturated carbocycles. The summed E-state index contributed by atoms with van der Waals surface area (Å²) in [7, 11) is 0. The zero-order valence-electron chi connectivity index (χ0n) is 10.1. The number of hydrogen-bond acceptors (Lipinski definition) is 0. The molecule has 2 atom stereocenters.